The minimum Gasteiger partial charge on any atom is -0.465 e. The van der Waals surface area contributed by atoms with Crippen LogP contribution in [0.1, 0.15) is 45.6 Å². The van der Waals surface area contributed by atoms with E-state index in [-0.39, 0.29) is 17.8 Å². The summed E-state index contributed by atoms with van der Waals surface area (Å²) in [5.41, 5.74) is 6.33. The van der Waals surface area contributed by atoms with Gasteiger partial charge in [0.2, 0.25) is 0 Å². The van der Waals surface area contributed by atoms with Gasteiger partial charge in [0.25, 0.3) is 0 Å². The summed E-state index contributed by atoms with van der Waals surface area (Å²) in [7, 11) is 3.24. The van der Waals surface area contributed by atoms with E-state index in [9.17, 15) is 4.79 Å². The predicted molar refractivity (Wildman–Crippen MR) is 121 cm³/mol. The Morgan fingerprint density at radius 1 is 1.16 bits per heavy atom. The molecule has 4 aromatic rings. The van der Waals surface area contributed by atoms with Gasteiger partial charge in [-0.15, -0.1) is 16.7 Å². The smallest absolute Gasteiger partial charge is 0.341 e. The molecule has 2 unspecified atom stereocenters. The zero-order valence-corrected chi connectivity index (χ0v) is 18.5. The highest BCUT2D eigenvalue weighted by atomic mass is 35.5. The lowest BCUT2D eigenvalue weighted by molar-refractivity contribution is 0.0599. The molecular weight excluding hydrogens is 426 g/mol. The molecular formula is C24H22ClN5O2. The normalized spacial score (nSPS) is 17.3. The van der Waals surface area contributed by atoms with Crippen LogP contribution in [0.5, 0.6) is 0 Å². The van der Waals surface area contributed by atoms with E-state index < -0.39 is 0 Å². The van der Waals surface area contributed by atoms with Crippen LogP contribution in [0.25, 0.3) is 16.8 Å². The molecule has 32 heavy (non-hydrogen) atoms. The number of ether oxygens (including phenoxy) is 1. The number of aromatic nitrogens is 5. The first-order valence-corrected chi connectivity index (χ1v) is 10.9. The van der Waals surface area contributed by atoms with Gasteiger partial charge in [-0.05, 0) is 41.3 Å². The molecule has 1 saturated carbocycles. The van der Waals surface area contributed by atoms with Gasteiger partial charge < -0.3 is 4.74 Å². The predicted octanol–water partition coefficient (Wildman–Crippen LogP) is 4.46. The Hall–Kier alpha value is -3.45. The molecule has 1 aliphatic carbocycles. The van der Waals surface area contributed by atoms with Crippen molar-refractivity contribution < 1.29 is 9.53 Å². The lowest BCUT2D eigenvalue weighted by Crippen LogP contribution is -2.08. The summed E-state index contributed by atoms with van der Waals surface area (Å²) in [6.07, 6.45) is 4.40. The number of alkyl halides is 1. The molecule has 8 heteroatoms. The van der Waals surface area contributed by atoms with Crippen LogP contribution in [0.3, 0.4) is 0 Å². The van der Waals surface area contributed by atoms with E-state index in [0.717, 1.165) is 40.2 Å². The molecule has 1 fully saturated rings. The molecule has 5 rings (SSSR count). The van der Waals surface area contributed by atoms with Crippen molar-refractivity contribution in [2.45, 2.75) is 24.1 Å². The standard InChI is InChI=1S/C24H22ClN5O2/c1-29-14-22(27-28-29)19-11-20(19)23-21(24(31)32-2)13-26-30(23)18-8-4-7-17(10-18)16-6-3-5-15(9-16)12-25/h3-10,13-14,19-20H,11-12H2,1-2H3. The summed E-state index contributed by atoms with van der Waals surface area (Å²) in [5.74, 6) is 0.393. The van der Waals surface area contributed by atoms with Crippen molar-refractivity contribution in [2.75, 3.05) is 7.11 Å². The van der Waals surface area contributed by atoms with Crippen LogP contribution in [-0.2, 0) is 17.7 Å². The molecule has 0 aliphatic heterocycles. The molecule has 0 bridgehead atoms. The highest BCUT2D eigenvalue weighted by molar-refractivity contribution is 6.17. The highest BCUT2D eigenvalue weighted by Crippen LogP contribution is 2.55. The number of aryl methyl sites for hydroxylation is 1. The Labute approximate surface area is 190 Å². The molecule has 2 heterocycles. The van der Waals surface area contributed by atoms with Crippen molar-refractivity contribution in [3.63, 3.8) is 0 Å². The zero-order chi connectivity index (χ0) is 22.2. The van der Waals surface area contributed by atoms with E-state index in [0.29, 0.717) is 11.4 Å². The molecule has 0 amide bonds. The summed E-state index contributed by atoms with van der Waals surface area (Å²) in [6.45, 7) is 0. The Balaban J connectivity index is 1.56. The molecule has 162 valence electrons. The van der Waals surface area contributed by atoms with Crippen LogP contribution in [0, 0.1) is 0 Å². The third-order valence-electron chi connectivity index (χ3n) is 5.86. The molecule has 2 aromatic carbocycles. The zero-order valence-electron chi connectivity index (χ0n) is 17.8. The Morgan fingerprint density at radius 2 is 1.94 bits per heavy atom. The summed E-state index contributed by atoms with van der Waals surface area (Å²) >= 11 is 6.02. The number of nitrogens with zero attached hydrogens (tertiary/aromatic N) is 5. The number of esters is 1. The van der Waals surface area contributed by atoms with Gasteiger partial charge in [-0.25, -0.2) is 9.48 Å². The van der Waals surface area contributed by atoms with Gasteiger partial charge in [0.15, 0.2) is 0 Å². The third-order valence-corrected chi connectivity index (χ3v) is 6.17. The van der Waals surface area contributed by atoms with Crippen molar-refractivity contribution in [1.29, 1.82) is 0 Å². The number of hydrogen-bond donors (Lipinski definition) is 0. The van der Waals surface area contributed by atoms with Crippen molar-refractivity contribution in [3.05, 3.63) is 83.4 Å². The topological polar surface area (TPSA) is 74.8 Å². The van der Waals surface area contributed by atoms with Crippen LogP contribution >= 0.6 is 11.6 Å². The lowest BCUT2D eigenvalue weighted by Gasteiger charge is -2.11. The number of benzene rings is 2. The Kier molecular flexibility index (Phi) is 5.27. The van der Waals surface area contributed by atoms with Crippen molar-refractivity contribution in [1.82, 2.24) is 24.8 Å². The van der Waals surface area contributed by atoms with Gasteiger partial charge in [-0.2, -0.15) is 5.10 Å². The SMILES string of the molecule is COC(=O)c1cnn(-c2cccc(-c3cccc(CCl)c3)c2)c1C1CC1c1cn(C)nn1. The quantitative estimate of drug-likeness (QED) is 0.322. The van der Waals surface area contributed by atoms with Crippen LogP contribution < -0.4 is 0 Å². The molecule has 0 saturated heterocycles. The molecule has 0 radical (unpaired) electrons. The highest BCUT2D eigenvalue weighted by Gasteiger charge is 2.46. The maximum Gasteiger partial charge on any atom is 0.341 e. The number of carbonyl (C=O) groups excluding carboxylic acids is 1. The second-order valence-corrected chi connectivity index (χ2v) is 8.26. The first-order chi connectivity index (χ1) is 15.6. The molecule has 2 atom stereocenters. The van der Waals surface area contributed by atoms with Crippen molar-refractivity contribution >= 4 is 17.6 Å². The fourth-order valence-corrected chi connectivity index (χ4v) is 4.36. The molecule has 2 aromatic heterocycles. The number of rotatable bonds is 6. The van der Waals surface area contributed by atoms with E-state index in [4.69, 9.17) is 16.3 Å². The van der Waals surface area contributed by atoms with Crippen molar-refractivity contribution in [2.24, 2.45) is 7.05 Å². The summed E-state index contributed by atoms with van der Waals surface area (Å²) < 4.78 is 8.58. The van der Waals surface area contributed by atoms with Gasteiger partial charge in [0, 0.05) is 31.0 Å². The summed E-state index contributed by atoms with van der Waals surface area (Å²) in [5, 5.41) is 12.9. The molecule has 0 spiro atoms. The lowest BCUT2D eigenvalue weighted by atomic mass is 10.0. The summed E-state index contributed by atoms with van der Waals surface area (Å²) in [6, 6.07) is 16.3. The molecule has 1 aliphatic rings. The number of methoxy groups -OCH3 is 1. The molecule has 0 N–H and O–H groups in total. The van der Waals surface area contributed by atoms with E-state index >= 15 is 0 Å². The average Bonchev–Trinajstić information content (AvgIpc) is 3.28. The van der Waals surface area contributed by atoms with Crippen molar-refractivity contribution in [3.8, 4) is 16.8 Å². The van der Waals surface area contributed by atoms with Gasteiger partial charge >= 0.3 is 5.97 Å². The number of halogens is 1. The second kappa shape index (κ2) is 8.24. The van der Waals surface area contributed by atoms with E-state index in [2.05, 4.69) is 39.7 Å². The Bertz CT molecular complexity index is 1300. The van der Waals surface area contributed by atoms with E-state index in [1.54, 1.807) is 10.9 Å². The van der Waals surface area contributed by atoms with Crippen LogP contribution in [-0.4, -0.2) is 37.9 Å². The average molecular weight is 448 g/mol. The largest absolute Gasteiger partial charge is 0.465 e. The molecule has 7 nitrogen and oxygen atoms in total. The second-order valence-electron chi connectivity index (χ2n) is 8.00. The number of hydrogen-bond acceptors (Lipinski definition) is 5. The van der Waals surface area contributed by atoms with E-state index in [1.165, 1.54) is 7.11 Å². The van der Waals surface area contributed by atoms with Gasteiger partial charge in [0.05, 0.1) is 30.4 Å². The first-order valence-electron chi connectivity index (χ1n) is 10.4. The first kappa shape index (κ1) is 20.5. The van der Waals surface area contributed by atoms with Crippen LogP contribution in [0.15, 0.2) is 60.9 Å². The van der Waals surface area contributed by atoms with E-state index in [1.807, 2.05) is 42.2 Å². The maximum absolute atomic E-state index is 12.5. The third kappa shape index (κ3) is 3.69. The van der Waals surface area contributed by atoms with Gasteiger partial charge in [-0.3, -0.25) is 4.68 Å². The minimum absolute atomic E-state index is 0.117. The van der Waals surface area contributed by atoms with Crippen LogP contribution in [0.4, 0.5) is 0 Å². The fourth-order valence-electron chi connectivity index (χ4n) is 4.20. The minimum atomic E-state index is -0.387. The van der Waals surface area contributed by atoms with Gasteiger partial charge in [0.1, 0.15) is 5.56 Å². The fraction of sp³-hybridized carbons (Fsp3) is 0.250. The summed E-state index contributed by atoms with van der Waals surface area (Å²) in [4.78, 5) is 12.5. The Morgan fingerprint density at radius 3 is 2.66 bits per heavy atom. The van der Waals surface area contributed by atoms with Crippen LogP contribution in [0.2, 0.25) is 0 Å². The van der Waals surface area contributed by atoms with Gasteiger partial charge in [-0.1, -0.05) is 35.5 Å². The number of carbonyl (C=O) groups is 1. The monoisotopic (exact) mass is 447 g/mol. The maximum atomic E-state index is 12.5.